The highest BCUT2D eigenvalue weighted by atomic mass is 35.5. The van der Waals surface area contributed by atoms with Gasteiger partial charge in [0.05, 0.1) is 36.2 Å². The predicted octanol–water partition coefficient (Wildman–Crippen LogP) is 3.84. The maximum absolute atomic E-state index is 12.6. The van der Waals surface area contributed by atoms with Crippen molar-refractivity contribution in [3.63, 3.8) is 0 Å². The number of morpholine rings is 1. The average Bonchev–Trinajstić information content (AvgIpc) is 3.48. The van der Waals surface area contributed by atoms with Crippen molar-refractivity contribution in [2.45, 2.75) is 12.5 Å². The minimum atomic E-state index is -0.193. The lowest BCUT2D eigenvalue weighted by Gasteiger charge is -2.35. The SMILES string of the molecule is O=C(Cc1csc(NC(=O)c2cccs2)n1)NCC(c1ccc(Cl)cc1)N1CCOCC1. The molecule has 0 aliphatic carbocycles. The molecule has 2 aromatic heterocycles. The highest BCUT2D eigenvalue weighted by Crippen LogP contribution is 2.23. The number of thiophene rings is 1. The van der Waals surface area contributed by atoms with Gasteiger partial charge in [-0.2, -0.15) is 0 Å². The summed E-state index contributed by atoms with van der Waals surface area (Å²) < 4.78 is 5.48. The van der Waals surface area contributed by atoms with E-state index in [4.69, 9.17) is 16.3 Å². The van der Waals surface area contributed by atoms with Crippen molar-refractivity contribution in [1.29, 1.82) is 0 Å². The first-order valence-electron chi connectivity index (χ1n) is 10.2. The van der Waals surface area contributed by atoms with Crippen molar-refractivity contribution in [3.8, 4) is 0 Å². The standard InChI is InChI=1S/C22H23ClN4O3S2/c23-16-5-3-15(4-6-16)18(27-7-9-30-10-8-27)13-24-20(28)12-17-14-32-22(25-17)26-21(29)19-2-1-11-31-19/h1-6,11,14,18H,7-10,12-13H2,(H,24,28)(H,25,26,29). The molecule has 3 heterocycles. The van der Waals surface area contributed by atoms with Crippen LogP contribution in [0.3, 0.4) is 0 Å². The van der Waals surface area contributed by atoms with Crippen LogP contribution in [-0.2, 0) is 16.0 Å². The first-order valence-corrected chi connectivity index (χ1v) is 12.4. The summed E-state index contributed by atoms with van der Waals surface area (Å²) in [5.74, 6) is -0.305. The fourth-order valence-corrected chi connectivity index (χ4v) is 4.93. The number of carbonyl (C=O) groups excluding carboxylic acids is 2. The van der Waals surface area contributed by atoms with Crippen LogP contribution >= 0.6 is 34.3 Å². The van der Waals surface area contributed by atoms with Crippen molar-refractivity contribution < 1.29 is 14.3 Å². The molecule has 3 aromatic rings. The van der Waals surface area contributed by atoms with Crippen molar-refractivity contribution >= 4 is 51.2 Å². The number of nitrogens with one attached hydrogen (secondary N) is 2. The van der Waals surface area contributed by atoms with Gasteiger partial charge in [0.1, 0.15) is 0 Å². The summed E-state index contributed by atoms with van der Waals surface area (Å²) >= 11 is 8.73. The third-order valence-corrected chi connectivity index (χ3v) is 7.02. The number of benzene rings is 1. The number of nitrogens with zero attached hydrogens (tertiary/aromatic N) is 2. The van der Waals surface area contributed by atoms with E-state index in [-0.39, 0.29) is 24.3 Å². The molecule has 1 atom stereocenters. The second-order valence-electron chi connectivity index (χ2n) is 7.27. The minimum absolute atomic E-state index is 0.0381. The lowest BCUT2D eigenvalue weighted by molar-refractivity contribution is -0.120. The Hall–Kier alpha value is -2.30. The normalized spacial score (nSPS) is 15.3. The molecule has 168 valence electrons. The first-order chi connectivity index (χ1) is 15.6. The number of amides is 2. The maximum Gasteiger partial charge on any atom is 0.267 e. The smallest absolute Gasteiger partial charge is 0.267 e. The van der Waals surface area contributed by atoms with Crippen LogP contribution in [0.2, 0.25) is 5.02 Å². The zero-order chi connectivity index (χ0) is 22.3. The Kier molecular flexibility index (Phi) is 7.88. The molecule has 1 unspecified atom stereocenters. The molecule has 7 nitrogen and oxygen atoms in total. The first kappa shape index (κ1) is 22.9. The van der Waals surface area contributed by atoms with E-state index >= 15 is 0 Å². The number of halogens is 1. The number of ether oxygens (including phenoxy) is 1. The molecule has 2 amide bonds. The molecule has 2 N–H and O–H groups in total. The monoisotopic (exact) mass is 490 g/mol. The maximum atomic E-state index is 12.6. The van der Waals surface area contributed by atoms with E-state index < -0.39 is 0 Å². The van der Waals surface area contributed by atoms with Gasteiger partial charge in [-0.05, 0) is 29.1 Å². The van der Waals surface area contributed by atoms with Crippen LogP contribution < -0.4 is 10.6 Å². The molecule has 1 fully saturated rings. The van der Waals surface area contributed by atoms with Gasteiger partial charge in [0, 0.05) is 30.0 Å². The number of aromatic nitrogens is 1. The van der Waals surface area contributed by atoms with Crippen LogP contribution in [0.25, 0.3) is 0 Å². The summed E-state index contributed by atoms with van der Waals surface area (Å²) in [4.78, 5) is 32.1. The fraction of sp³-hybridized carbons (Fsp3) is 0.318. The van der Waals surface area contributed by atoms with Crippen LogP contribution in [0.15, 0.2) is 47.2 Å². The van der Waals surface area contributed by atoms with Gasteiger partial charge in [-0.15, -0.1) is 22.7 Å². The summed E-state index contributed by atoms with van der Waals surface area (Å²) in [6.45, 7) is 3.45. The Labute approximate surface area is 199 Å². The Morgan fingerprint density at radius 1 is 1.16 bits per heavy atom. The largest absolute Gasteiger partial charge is 0.379 e. The Balaban J connectivity index is 1.33. The van der Waals surface area contributed by atoms with Gasteiger partial charge in [-0.3, -0.25) is 19.8 Å². The van der Waals surface area contributed by atoms with Gasteiger partial charge in [0.25, 0.3) is 5.91 Å². The van der Waals surface area contributed by atoms with E-state index in [1.807, 2.05) is 35.7 Å². The molecule has 1 aliphatic rings. The third-order valence-electron chi connectivity index (χ3n) is 5.09. The molecule has 0 bridgehead atoms. The van der Waals surface area contributed by atoms with E-state index in [1.54, 1.807) is 11.4 Å². The lowest BCUT2D eigenvalue weighted by atomic mass is 10.0. The molecule has 0 spiro atoms. The molecule has 10 heteroatoms. The summed E-state index contributed by atoms with van der Waals surface area (Å²) in [5.41, 5.74) is 1.73. The summed E-state index contributed by atoms with van der Waals surface area (Å²) in [5, 5.41) is 10.6. The lowest BCUT2D eigenvalue weighted by Crippen LogP contribution is -2.44. The number of carbonyl (C=O) groups is 2. The number of rotatable bonds is 8. The van der Waals surface area contributed by atoms with Crippen LogP contribution in [0.1, 0.15) is 27.0 Å². The molecule has 1 aliphatic heterocycles. The molecular weight excluding hydrogens is 468 g/mol. The quantitative estimate of drug-likeness (QED) is 0.501. The minimum Gasteiger partial charge on any atom is -0.379 e. The molecular formula is C22H23ClN4O3S2. The molecule has 1 aromatic carbocycles. The van der Waals surface area contributed by atoms with Gasteiger partial charge in [0.2, 0.25) is 5.91 Å². The Morgan fingerprint density at radius 3 is 2.66 bits per heavy atom. The predicted molar refractivity (Wildman–Crippen MR) is 128 cm³/mol. The summed E-state index contributed by atoms with van der Waals surface area (Å²) in [6.07, 6.45) is 0.155. The summed E-state index contributed by atoms with van der Waals surface area (Å²) in [7, 11) is 0. The Bertz CT molecular complexity index is 1030. The molecule has 1 saturated heterocycles. The Morgan fingerprint density at radius 2 is 1.94 bits per heavy atom. The van der Waals surface area contributed by atoms with Gasteiger partial charge in [0.15, 0.2) is 5.13 Å². The number of thiazole rings is 1. The highest BCUT2D eigenvalue weighted by Gasteiger charge is 2.23. The van der Waals surface area contributed by atoms with E-state index in [0.29, 0.717) is 40.5 Å². The van der Waals surface area contributed by atoms with E-state index in [0.717, 1.165) is 18.7 Å². The second kappa shape index (κ2) is 11.0. The van der Waals surface area contributed by atoms with Crippen molar-refractivity contribution in [2.24, 2.45) is 0 Å². The van der Waals surface area contributed by atoms with E-state index in [1.165, 1.54) is 22.7 Å². The molecule has 0 saturated carbocycles. The van der Waals surface area contributed by atoms with Crippen LogP contribution in [0, 0.1) is 0 Å². The van der Waals surface area contributed by atoms with Crippen LogP contribution in [-0.4, -0.2) is 54.5 Å². The van der Waals surface area contributed by atoms with Gasteiger partial charge < -0.3 is 10.1 Å². The number of hydrogen-bond donors (Lipinski definition) is 2. The van der Waals surface area contributed by atoms with Gasteiger partial charge >= 0.3 is 0 Å². The second-order valence-corrected chi connectivity index (χ2v) is 9.51. The summed E-state index contributed by atoms with van der Waals surface area (Å²) in [6, 6.07) is 11.4. The van der Waals surface area contributed by atoms with Crippen LogP contribution in [0.4, 0.5) is 5.13 Å². The molecule has 4 rings (SSSR count). The molecule has 0 radical (unpaired) electrons. The zero-order valence-electron chi connectivity index (χ0n) is 17.3. The van der Waals surface area contributed by atoms with Crippen molar-refractivity contribution in [1.82, 2.24) is 15.2 Å². The molecule has 32 heavy (non-hydrogen) atoms. The number of anilines is 1. The van der Waals surface area contributed by atoms with Gasteiger partial charge in [-0.25, -0.2) is 4.98 Å². The van der Waals surface area contributed by atoms with Crippen molar-refractivity contribution in [2.75, 3.05) is 38.2 Å². The topological polar surface area (TPSA) is 83.6 Å². The highest BCUT2D eigenvalue weighted by molar-refractivity contribution is 7.14. The van der Waals surface area contributed by atoms with E-state index in [9.17, 15) is 9.59 Å². The zero-order valence-corrected chi connectivity index (χ0v) is 19.6. The third kappa shape index (κ3) is 6.14. The fourth-order valence-electron chi connectivity index (χ4n) is 3.48. The van der Waals surface area contributed by atoms with Gasteiger partial charge in [-0.1, -0.05) is 29.8 Å². The van der Waals surface area contributed by atoms with E-state index in [2.05, 4.69) is 20.5 Å². The number of hydrogen-bond acceptors (Lipinski definition) is 7. The van der Waals surface area contributed by atoms with Crippen LogP contribution in [0.5, 0.6) is 0 Å². The van der Waals surface area contributed by atoms with Crippen molar-refractivity contribution in [3.05, 3.63) is 68.3 Å². The average molecular weight is 491 g/mol.